The molecule has 0 spiro atoms. The molecule has 0 heterocycles. The van der Waals surface area contributed by atoms with E-state index in [0.717, 1.165) is 47.9 Å². The molecule has 5 unspecified atom stereocenters. The van der Waals surface area contributed by atoms with Crippen molar-refractivity contribution >= 4 is 5.78 Å². The second-order valence-corrected chi connectivity index (χ2v) is 10.1. The predicted octanol–water partition coefficient (Wildman–Crippen LogP) is 5.28. The van der Waals surface area contributed by atoms with Crippen molar-refractivity contribution in [2.45, 2.75) is 51.2 Å². The van der Waals surface area contributed by atoms with Gasteiger partial charge in [0.05, 0.1) is 5.41 Å². The summed E-state index contributed by atoms with van der Waals surface area (Å²) < 4.78 is 5.77. The van der Waals surface area contributed by atoms with Gasteiger partial charge in [-0.15, -0.1) is 0 Å². The fourth-order valence-electron chi connectivity index (χ4n) is 7.53. The van der Waals surface area contributed by atoms with Gasteiger partial charge in [-0.2, -0.15) is 0 Å². The molecule has 4 nitrogen and oxygen atoms in total. The third-order valence-electron chi connectivity index (χ3n) is 8.90. The van der Waals surface area contributed by atoms with Gasteiger partial charge in [-0.05, 0) is 60.4 Å². The van der Waals surface area contributed by atoms with Crippen molar-refractivity contribution in [2.75, 3.05) is 7.11 Å². The summed E-state index contributed by atoms with van der Waals surface area (Å²) >= 11 is 0. The second kappa shape index (κ2) is 7.29. The Morgan fingerprint density at radius 3 is 2.62 bits per heavy atom. The Bertz CT molecular complexity index is 1090. The van der Waals surface area contributed by atoms with E-state index in [1.165, 1.54) is 7.11 Å². The standard InChI is InChI=1S/C28H32O4/c1-18-24-17-22-10-6-14-26(18,2)27(22,28(24,31)32-3)25(30)13-12-19-7-4-8-20(15-19)21-9-5-11-23(29)16-21/h4-5,7-9,11,15-16,22,24,29,31H,1,6,10,12-14,17H2,2-3H3. The number of phenolic OH excluding ortho intramolecular Hbond substituents is 1. The SMILES string of the molecule is C=C1C2CC3CCCC1(C)C3(C(=O)CCc1cccc(-c3cccc(O)c3)c1)C2(O)OC. The summed E-state index contributed by atoms with van der Waals surface area (Å²) in [4.78, 5) is 14.0. The van der Waals surface area contributed by atoms with Crippen LogP contribution in [0.15, 0.2) is 60.7 Å². The van der Waals surface area contributed by atoms with E-state index in [1.54, 1.807) is 12.1 Å². The molecule has 4 heteroatoms. The normalized spacial score (nSPS) is 35.3. The minimum Gasteiger partial charge on any atom is -0.508 e. The van der Waals surface area contributed by atoms with Gasteiger partial charge >= 0.3 is 0 Å². The highest BCUT2D eigenvalue weighted by Gasteiger charge is 2.82. The van der Waals surface area contributed by atoms with E-state index in [0.29, 0.717) is 12.8 Å². The van der Waals surface area contributed by atoms with E-state index < -0.39 is 16.6 Å². The molecule has 3 fully saturated rings. The van der Waals surface area contributed by atoms with E-state index in [-0.39, 0.29) is 23.4 Å². The molecule has 0 radical (unpaired) electrons. The molecule has 3 aliphatic rings. The number of phenols is 1. The summed E-state index contributed by atoms with van der Waals surface area (Å²) in [5.74, 6) is -1.13. The molecule has 5 atom stereocenters. The number of aromatic hydroxyl groups is 1. The van der Waals surface area contributed by atoms with Crippen LogP contribution in [-0.2, 0) is 16.0 Å². The number of hydrogen-bond donors (Lipinski definition) is 2. The van der Waals surface area contributed by atoms with Gasteiger partial charge in [0.1, 0.15) is 11.5 Å². The highest BCUT2D eigenvalue weighted by atomic mass is 16.6. The Balaban J connectivity index is 1.44. The van der Waals surface area contributed by atoms with Gasteiger partial charge in [0, 0.05) is 24.9 Å². The van der Waals surface area contributed by atoms with Crippen LogP contribution >= 0.6 is 0 Å². The highest BCUT2D eigenvalue weighted by molar-refractivity contribution is 5.90. The molecule has 2 bridgehead atoms. The van der Waals surface area contributed by atoms with Crippen LogP contribution in [0.3, 0.4) is 0 Å². The first kappa shape index (κ1) is 21.4. The molecule has 0 aliphatic heterocycles. The molecule has 2 aromatic rings. The summed E-state index contributed by atoms with van der Waals surface area (Å²) in [6.07, 6.45) is 4.66. The van der Waals surface area contributed by atoms with Crippen molar-refractivity contribution in [1.29, 1.82) is 0 Å². The van der Waals surface area contributed by atoms with Crippen molar-refractivity contribution < 1.29 is 19.7 Å². The Morgan fingerprint density at radius 1 is 1.19 bits per heavy atom. The first-order chi connectivity index (χ1) is 15.3. The molecular formula is C28H32O4. The third-order valence-corrected chi connectivity index (χ3v) is 8.90. The number of aliphatic hydroxyl groups is 1. The molecule has 3 aliphatic carbocycles. The number of carbonyl (C=O) groups is 1. The number of aryl methyl sites for hydroxylation is 1. The van der Waals surface area contributed by atoms with Crippen LogP contribution in [0.4, 0.5) is 0 Å². The summed E-state index contributed by atoms with van der Waals surface area (Å²) in [5, 5.41) is 21.6. The van der Waals surface area contributed by atoms with E-state index in [1.807, 2.05) is 30.3 Å². The van der Waals surface area contributed by atoms with Gasteiger partial charge in [0.2, 0.25) is 0 Å². The second-order valence-electron chi connectivity index (χ2n) is 10.1. The highest BCUT2D eigenvalue weighted by Crippen LogP contribution is 2.78. The summed E-state index contributed by atoms with van der Waals surface area (Å²) in [6, 6.07) is 15.3. The summed E-state index contributed by atoms with van der Waals surface area (Å²) in [5.41, 5.74) is 2.70. The first-order valence-electron chi connectivity index (χ1n) is 11.7. The van der Waals surface area contributed by atoms with E-state index >= 15 is 0 Å². The lowest BCUT2D eigenvalue weighted by molar-refractivity contribution is -0.265. The number of Topliss-reactive ketones (excluding diaryl/α,β-unsaturated/α-hetero) is 1. The van der Waals surface area contributed by atoms with Crippen LogP contribution < -0.4 is 0 Å². The van der Waals surface area contributed by atoms with Crippen molar-refractivity contribution in [3.63, 3.8) is 0 Å². The molecule has 0 saturated heterocycles. The number of hydrogen-bond acceptors (Lipinski definition) is 4. The average molecular weight is 433 g/mol. The Labute approximate surface area is 189 Å². The molecule has 5 rings (SSSR count). The average Bonchev–Trinajstić information content (AvgIpc) is 3.15. The van der Waals surface area contributed by atoms with Gasteiger partial charge in [-0.3, -0.25) is 4.79 Å². The van der Waals surface area contributed by atoms with Gasteiger partial charge in [-0.25, -0.2) is 0 Å². The molecule has 2 aromatic carbocycles. The fraction of sp³-hybridized carbons (Fsp3) is 0.464. The fourth-order valence-corrected chi connectivity index (χ4v) is 7.53. The van der Waals surface area contributed by atoms with Crippen molar-refractivity contribution in [3.8, 4) is 16.9 Å². The maximum absolute atomic E-state index is 14.0. The maximum Gasteiger partial charge on any atom is 0.185 e. The van der Waals surface area contributed by atoms with Gasteiger partial charge in [-0.1, -0.05) is 61.9 Å². The molecule has 0 aromatic heterocycles. The van der Waals surface area contributed by atoms with Crippen LogP contribution in [0.25, 0.3) is 11.1 Å². The van der Waals surface area contributed by atoms with Crippen molar-refractivity contribution in [1.82, 2.24) is 0 Å². The van der Waals surface area contributed by atoms with Gasteiger partial charge in [0.25, 0.3) is 0 Å². The van der Waals surface area contributed by atoms with E-state index in [2.05, 4.69) is 19.6 Å². The quantitative estimate of drug-likeness (QED) is 0.482. The zero-order valence-electron chi connectivity index (χ0n) is 18.9. The molecule has 32 heavy (non-hydrogen) atoms. The lowest BCUT2D eigenvalue weighted by Gasteiger charge is -2.54. The molecule has 2 N–H and O–H groups in total. The number of rotatable bonds is 6. The van der Waals surface area contributed by atoms with Crippen molar-refractivity contribution in [2.24, 2.45) is 22.7 Å². The largest absolute Gasteiger partial charge is 0.508 e. The maximum atomic E-state index is 14.0. The first-order valence-corrected chi connectivity index (χ1v) is 11.7. The number of benzene rings is 2. The number of carbonyl (C=O) groups excluding carboxylic acids is 1. The zero-order chi connectivity index (χ0) is 22.7. The lowest BCUT2D eigenvalue weighted by atomic mass is 9.49. The molecule has 168 valence electrons. The predicted molar refractivity (Wildman–Crippen MR) is 124 cm³/mol. The number of fused-ring (bicyclic) bond motifs is 1. The van der Waals surface area contributed by atoms with Crippen molar-refractivity contribution in [3.05, 3.63) is 66.2 Å². The number of ketones is 1. The smallest absolute Gasteiger partial charge is 0.185 e. The topological polar surface area (TPSA) is 66.8 Å². The van der Waals surface area contributed by atoms with E-state index in [4.69, 9.17) is 4.74 Å². The minimum atomic E-state index is -1.45. The molecule has 3 saturated carbocycles. The summed E-state index contributed by atoms with van der Waals surface area (Å²) in [6.45, 7) is 6.49. The van der Waals surface area contributed by atoms with E-state index in [9.17, 15) is 15.0 Å². The number of ether oxygens (including phenoxy) is 1. The lowest BCUT2D eigenvalue weighted by Crippen LogP contribution is -2.60. The van der Waals surface area contributed by atoms with Crippen LogP contribution in [0.2, 0.25) is 0 Å². The van der Waals surface area contributed by atoms with Gasteiger partial charge in [0.15, 0.2) is 5.79 Å². The van der Waals surface area contributed by atoms with Crippen LogP contribution in [-0.4, -0.2) is 28.9 Å². The monoisotopic (exact) mass is 432 g/mol. The zero-order valence-corrected chi connectivity index (χ0v) is 18.9. The van der Waals surface area contributed by atoms with Crippen LogP contribution in [0.1, 0.15) is 44.6 Å². The Hall–Kier alpha value is -2.43. The number of methoxy groups -OCH3 is 1. The Morgan fingerprint density at radius 2 is 1.91 bits per heavy atom. The Kier molecular flexibility index (Phi) is 4.88. The summed E-state index contributed by atoms with van der Waals surface area (Å²) in [7, 11) is 1.54. The molecular weight excluding hydrogens is 400 g/mol. The van der Waals surface area contributed by atoms with Crippen LogP contribution in [0, 0.1) is 22.7 Å². The minimum absolute atomic E-state index is 0.109. The molecule has 0 amide bonds. The van der Waals surface area contributed by atoms with Crippen LogP contribution in [0.5, 0.6) is 5.75 Å². The van der Waals surface area contributed by atoms with Gasteiger partial charge < -0.3 is 14.9 Å². The third kappa shape index (κ3) is 2.60.